The first kappa shape index (κ1) is 23.3. The van der Waals surface area contributed by atoms with Crippen molar-refractivity contribution in [2.45, 2.75) is 64.2 Å². The topological polar surface area (TPSA) is 81.7 Å². The lowest BCUT2D eigenvalue weighted by atomic mass is 9.82. The Morgan fingerprint density at radius 2 is 1.87 bits per heavy atom. The van der Waals surface area contributed by atoms with Crippen molar-refractivity contribution in [2.75, 3.05) is 6.26 Å². The van der Waals surface area contributed by atoms with E-state index in [1.54, 1.807) is 6.07 Å². The lowest BCUT2D eigenvalue weighted by molar-refractivity contribution is -0.149. The number of hydrogen-bond donors (Lipinski definition) is 1. The van der Waals surface area contributed by atoms with E-state index in [-0.39, 0.29) is 23.8 Å². The first-order valence-electron chi connectivity index (χ1n) is 10.6. The SMILES string of the molecule is CC(=O)OC1c2ccc(OCc3ccccc3)c(CS(C)(=O)=O)c2CCC1NC(C)C. The number of fused-ring (bicyclic) bond motifs is 1. The number of ether oxygens (including phenoxy) is 2. The van der Waals surface area contributed by atoms with Gasteiger partial charge in [-0.3, -0.25) is 4.79 Å². The minimum Gasteiger partial charge on any atom is -0.489 e. The molecule has 0 saturated carbocycles. The quantitative estimate of drug-likeness (QED) is 0.624. The Morgan fingerprint density at radius 1 is 1.16 bits per heavy atom. The van der Waals surface area contributed by atoms with Gasteiger partial charge in [-0.25, -0.2) is 8.42 Å². The Kier molecular flexibility index (Phi) is 7.38. The van der Waals surface area contributed by atoms with Crippen LogP contribution in [0, 0.1) is 0 Å². The van der Waals surface area contributed by atoms with Crippen molar-refractivity contribution in [2.24, 2.45) is 0 Å². The van der Waals surface area contributed by atoms with Gasteiger partial charge in [-0.2, -0.15) is 0 Å². The molecule has 1 N–H and O–H groups in total. The second kappa shape index (κ2) is 9.83. The highest BCUT2D eigenvalue weighted by Gasteiger charge is 2.35. The summed E-state index contributed by atoms with van der Waals surface area (Å²) in [6, 6.07) is 13.7. The monoisotopic (exact) mass is 445 g/mol. The normalized spacial score (nSPS) is 18.5. The molecular weight excluding hydrogens is 414 g/mol. The van der Waals surface area contributed by atoms with E-state index < -0.39 is 15.9 Å². The van der Waals surface area contributed by atoms with Crippen LogP contribution in [0.25, 0.3) is 0 Å². The first-order valence-corrected chi connectivity index (χ1v) is 12.6. The van der Waals surface area contributed by atoms with Crippen LogP contribution in [0.4, 0.5) is 0 Å². The average Bonchev–Trinajstić information content (AvgIpc) is 2.68. The minimum atomic E-state index is -3.29. The molecule has 0 aromatic heterocycles. The Balaban J connectivity index is 2.01. The molecule has 7 heteroatoms. The third-order valence-corrected chi connectivity index (χ3v) is 6.10. The number of benzene rings is 2. The zero-order valence-electron chi connectivity index (χ0n) is 18.6. The molecule has 0 saturated heterocycles. The average molecular weight is 446 g/mol. The molecule has 0 bridgehead atoms. The standard InChI is InChI=1S/C24H31NO5S/c1-16(2)25-22-12-10-19-20(24(22)30-17(3)26)11-13-23(21(19)15-31(4,27)28)29-14-18-8-6-5-7-9-18/h5-9,11,13,16,22,24-25H,10,12,14-15H2,1-4H3. The summed E-state index contributed by atoms with van der Waals surface area (Å²) in [6.07, 6.45) is 2.18. The van der Waals surface area contributed by atoms with Crippen LogP contribution in [-0.4, -0.2) is 32.7 Å². The van der Waals surface area contributed by atoms with E-state index >= 15 is 0 Å². The number of esters is 1. The fraction of sp³-hybridized carbons (Fsp3) is 0.458. The molecule has 1 aliphatic carbocycles. The number of nitrogens with one attached hydrogen (secondary N) is 1. The minimum absolute atomic E-state index is 0.0291. The van der Waals surface area contributed by atoms with Gasteiger partial charge in [0.25, 0.3) is 0 Å². The molecule has 168 valence electrons. The molecule has 0 amide bonds. The van der Waals surface area contributed by atoms with Crippen LogP contribution >= 0.6 is 0 Å². The van der Waals surface area contributed by atoms with Gasteiger partial charge in [0.2, 0.25) is 0 Å². The number of rotatable bonds is 8. The van der Waals surface area contributed by atoms with Gasteiger partial charge in [0, 0.05) is 30.8 Å². The van der Waals surface area contributed by atoms with E-state index in [4.69, 9.17) is 9.47 Å². The molecule has 2 unspecified atom stereocenters. The summed E-state index contributed by atoms with van der Waals surface area (Å²) in [5.74, 6) is 0.0855. The second-order valence-corrected chi connectivity index (χ2v) is 10.6. The largest absolute Gasteiger partial charge is 0.489 e. The highest BCUT2D eigenvalue weighted by molar-refractivity contribution is 7.89. The van der Waals surface area contributed by atoms with Gasteiger partial charge < -0.3 is 14.8 Å². The van der Waals surface area contributed by atoms with E-state index in [0.717, 1.165) is 23.1 Å². The highest BCUT2D eigenvalue weighted by Crippen LogP contribution is 2.39. The zero-order valence-corrected chi connectivity index (χ0v) is 19.4. The number of carbonyl (C=O) groups is 1. The number of hydrogen-bond acceptors (Lipinski definition) is 6. The van der Waals surface area contributed by atoms with Crippen LogP contribution in [0.1, 0.15) is 55.5 Å². The molecule has 2 aromatic carbocycles. The van der Waals surface area contributed by atoms with Crippen LogP contribution in [-0.2, 0) is 38.1 Å². The first-order chi connectivity index (χ1) is 14.6. The van der Waals surface area contributed by atoms with Gasteiger partial charge in [-0.15, -0.1) is 0 Å². The Labute approximate surface area is 184 Å². The van der Waals surface area contributed by atoms with E-state index in [9.17, 15) is 13.2 Å². The lowest BCUT2D eigenvalue weighted by Gasteiger charge is -2.36. The molecule has 3 rings (SSSR count). The van der Waals surface area contributed by atoms with Gasteiger partial charge in [0.05, 0.1) is 5.75 Å². The van der Waals surface area contributed by atoms with Gasteiger partial charge >= 0.3 is 5.97 Å². The van der Waals surface area contributed by atoms with E-state index in [1.807, 2.05) is 36.4 Å². The van der Waals surface area contributed by atoms with Crippen LogP contribution in [0.15, 0.2) is 42.5 Å². The molecule has 2 aromatic rings. The lowest BCUT2D eigenvalue weighted by Crippen LogP contribution is -2.43. The van der Waals surface area contributed by atoms with Gasteiger partial charge in [-0.1, -0.05) is 50.2 Å². The Hall–Kier alpha value is -2.38. The maximum atomic E-state index is 12.2. The third-order valence-electron chi connectivity index (χ3n) is 5.29. The number of carbonyl (C=O) groups excluding carboxylic acids is 1. The van der Waals surface area contributed by atoms with Crippen LogP contribution in [0.2, 0.25) is 0 Å². The van der Waals surface area contributed by atoms with Crippen molar-refractivity contribution < 1.29 is 22.7 Å². The number of sulfone groups is 1. The van der Waals surface area contributed by atoms with E-state index in [1.165, 1.54) is 13.2 Å². The molecule has 0 spiro atoms. The van der Waals surface area contributed by atoms with Crippen molar-refractivity contribution in [1.29, 1.82) is 0 Å². The molecule has 0 aliphatic heterocycles. The smallest absolute Gasteiger partial charge is 0.303 e. The van der Waals surface area contributed by atoms with Crippen molar-refractivity contribution in [3.8, 4) is 5.75 Å². The summed E-state index contributed by atoms with van der Waals surface area (Å²) in [6.45, 7) is 5.85. The molecule has 0 radical (unpaired) electrons. The highest BCUT2D eigenvalue weighted by atomic mass is 32.2. The Bertz CT molecular complexity index is 1020. The van der Waals surface area contributed by atoms with Crippen molar-refractivity contribution in [1.82, 2.24) is 5.32 Å². The third kappa shape index (κ3) is 6.31. The fourth-order valence-corrected chi connectivity index (χ4v) is 4.97. The summed E-state index contributed by atoms with van der Waals surface area (Å²) in [7, 11) is -3.29. The van der Waals surface area contributed by atoms with Crippen molar-refractivity contribution in [3.63, 3.8) is 0 Å². The van der Waals surface area contributed by atoms with Gasteiger partial charge in [-0.05, 0) is 35.6 Å². The maximum Gasteiger partial charge on any atom is 0.303 e. The summed E-state index contributed by atoms with van der Waals surface area (Å²) in [5, 5.41) is 3.48. The fourth-order valence-electron chi connectivity index (χ4n) is 4.13. The predicted octanol–water partition coefficient (Wildman–Crippen LogP) is 3.73. The maximum absolute atomic E-state index is 12.2. The van der Waals surface area contributed by atoms with Crippen LogP contribution in [0.5, 0.6) is 5.75 Å². The van der Waals surface area contributed by atoms with E-state index in [0.29, 0.717) is 24.3 Å². The molecule has 0 fully saturated rings. The van der Waals surface area contributed by atoms with Crippen LogP contribution < -0.4 is 10.1 Å². The molecule has 1 aliphatic rings. The molecule has 0 heterocycles. The molecule has 6 nitrogen and oxygen atoms in total. The summed E-state index contributed by atoms with van der Waals surface area (Å²) < 4.78 is 36.2. The Morgan fingerprint density at radius 3 is 2.48 bits per heavy atom. The second-order valence-electron chi connectivity index (χ2n) is 8.45. The molecule has 31 heavy (non-hydrogen) atoms. The summed E-state index contributed by atoms with van der Waals surface area (Å²) in [5.41, 5.74) is 3.43. The summed E-state index contributed by atoms with van der Waals surface area (Å²) in [4.78, 5) is 11.8. The molecular formula is C24H31NO5S. The predicted molar refractivity (Wildman–Crippen MR) is 121 cm³/mol. The van der Waals surface area contributed by atoms with Crippen molar-refractivity contribution in [3.05, 3.63) is 64.7 Å². The van der Waals surface area contributed by atoms with E-state index in [2.05, 4.69) is 19.2 Å². The van der Waals surface area contributed by atoms with Crippen LogP contribution in [0.3, 0.4) is 0 Å². The van der Waals surface area contributed by atoms with Gasteiger partial charge in [0.1, 0.15) is 18.5 Å². The van der Waals surface area contributed by atoms with Gasteiger partial charge in [0.15, 0.2) is 9.84 Å². The summed E-state index contributed by atoms with van der Waals surface area (Å²) >= 11 is 0. The van der Waals surface area contributed by atoms with Crippen molar-refractivity contribution >= 4 is 15.8 Å². The zero-order chi connectivity index (χ0) is 22.6. The molecule has 2 atom stereocenters.